The van der Waals surface area contributed by atoms with Crippen LogP contribution in [-0.4, -0.2) is 43.8 Å². The van der Waals surface area contributed by atoms with Crippen molar-refractivity contribution in [3.63, 3.8) is 0 Å². The highest BCUT2D eigenvalue weighted by molar-refractivity contribution is 5.27. The molecule has 0 saturated carbocycles. The summed E-state index contributed by atoms with van der Waals surface area (Å²) in [5.41, 5.74) is 2.95. The third-order valence-corrected chi connectivity index (χ3v) is 4.25. The van der Waals surface area contributed by atoms with Crippen molar-refractivity contribution in [1.82, 2.24) is 10.2 Å². The highest BCUT2D eigenvalue weighted by Crippen LogP contribution is 2.18. The molecule has 1 N–H and O–H groups in total. The predicted octanol–water partition coefficient (Wildman–Crippen LogP) is 2.84. The molecule has 1 aromatic carbocycles. The fourth-order valence-corrected chi connectivity index (χ4v) is 3.04. The largest absolute Gasteiger partial charge is 0.380 e. The van der Waals surface area contributed by atoms with Gasteiger partial charge in [0, 0.05) is 26.2 Å². The molecule has 21 heavy (non-hydrogen) atoms. The van der Waals surface area contributed by atoms with E-state index in [1.54, 1.807) is 0 Å². The molecule has 118 valence electrons. The first-order valence-electron chi connectivity index (χ1n) is 8.24. The number of methoxy groups -OCH3 is 1. The molecule has 1 atom stereocenters. The Morgan fingerprint density at radius 3 is 2.76 bits per heavy atom. The average Bonchev–Trinajstić information content (AvgIpc) is 2.49. The normalized spacial score (nSPS) is 20.1. The van der Waals surface area contributed by atoms with Crippen molar-refractivity contribution in [2.75, 3.05) is 26.7 Å². The highest BCUT2D eigenvalue weighted by atomic mass is 16.5. The van der Waals surface area contributed by atoms with Crippen molar-refractivity contribution in [3.8, 4) is 0 Å². The SMILES string of the molecule is COC1CCCN(Cc2ccccc2CCNC(C)C)C1. The van der Waals surface area contributed by atoms with Crippen LogP contribution >= 0.6 is 0 Å². The standard InChI is InChI=1S/C18H30N2O/c1-15(2)19-11-10-16-7-4-5-8-17(16)13-20-12-6-9-18(14-20)21-3/h4-5,7-8,15,18-19H,6,9-14H2,1-3H3. The van der Waals surface area contributed by atoms with Crippen molar-refractivity contribution >= 4 is 0 Å². The van der Waals surface area contributed by atoms with Crippen LogP contribution in [0.15, 0.2) is 24.3 Å². The van der Waals surface area contributed by atoms with Gasteiger partial charge < -0.3 is 10.1 Å². The summed E-state index contributed by atoms with van der Waals surface area (Å²) in [5, 5.41) is 3.51. The van der Waals surface area contributed by atoms with Crippen LogP contribution < -0.4 is 5.32 Å². The molecule has 0 bridgehead atoms. The van der Waals surface area contributed by atoms with E-state index in [0.717, 1.165) is 26.1 Å². The van der Waals surface area contributed by atoms with Gasteiger partial charge in [-0.25, -0.2) is 0 Å². The monoisotopic (exact) mass is 290 g/mol. The van der Waals surface area contributed by atoms with Crippen molar-refractivity contribution in [2.24, 2.45) is 0 Å². The molecular formula is C18H30N2O. The Balaban J connectivity index is 1.92. The molecule has 0 aliphatic carbocycles. The van der Waals surface area contributed by atoms with Crippen molar-refractivity contribution in [2.45, 2.75) is 51.8 Å². The lowest BCUT2D eigenvalue weighted by Gasteiger charge is -2.32. The van der Waals surface area contributed by atoms with Gasteiger partial charge >= 0.3 is 0 Å². The molecule has 1 aliphatic rings. The number of benzene rings is 1. The van der Waals surface area contributed by atoms with E-state index < -0.39 is 0 Å². The molecular weight excluding hydrogens is 260 g/mol. The molecule has 0 aromatic heterocycles. The Labute approximate surface area is 129 Å². The lowest BCUT2D eigenvalue weighted by Crippen LogP contribution is -2.38. The molecule has 1 heterocycles. The molecule has 3 heteroatoms. The smallest absolute Gasteiger partial charge is 0.0698 e. The van der Waals surface area contributed by atoms with Gasteiger partial charge in [0.2, 0.25) is 0 Å². The zero-order chi connectivity index (χ0) is 15.1. The first kappa shape index (κ1) is 16.5. The summed E-state index contributed by atoms with van der Waals surface area (Å²) in [6.07, 6.45) is 3.96. The molecule has 0 spiro atoms. The quantitative estimate of drug-likeness (QED) is 0.836. The maximum Gasteiger partial charge on any atom is 0.0698 e. The topological polar surface area (TPSA) is 24.5 Å². The summed E-state index contributed by atoms with van der Waals surface area (Å²) in [5.74, 6) is 0. The van der Waals surface area contributed by atoms with E-state index in [0.29, 0.717) is 12.1 Å². The van der Waals surface area contributed by atoms with E-state index in [9.17, 15) is 0 Å². The molecule has 1 unspecified atom stereocenters. The molecule has 2 rings (SSSR count). The van der Waals surface area contributed by atoms with Gasteiger partial charge in [0.15, 0.2) is 0 Å². The third kappa shape index (κ3) is 5.42. The Morgan fingerprint density at radius 2 is 2.05 bits per heavy atom. The summed E-state index contributed by atoms with van der Waals surface area (Å²) in [6.45, 7) is 8.76. The lowest BCUT2D eigenvalue weighted by molar-refractivity contribution is 0.0285. The Morgan fingerprint density at radius 1 is 1.29 bits per heavy atom. The van der Waals surface area contributed by atoms with Gasteiger partial charge in [0.05, 0.1) is 6.10 Å². The van der Waals surface area contributed by atoms with Gasteiger partial charge in [-0.15, -0.1) is 0 Å². The minimum atomic E-state index is 0.411. The fraction of sp³-hybridized carbons (Fsp3) is 0.667. The first-order valence-corrected chi connectivity index (χ1v) is 8.24. The Bertz CT molecular complexity index is 419. The number of piperidine rings is 1. The van der Waals surface area contributed by atoms with Crippen molar-refractivity contribution < 1.29 is 4.74 Å². The maximum atomic E-state index is 5.53. The van der Waals surface area contributed by atoms with Crippen LogP contribution in [0.25, 0.3) is 0 Å². The maximum absolute atomic E-state index is 5.53. The minimum Gasteiger partial charge on any atom is -0.380 e. The number of likely N-dealkylation sites (tertiary alicyclic amines) is 1. The zero-order valence-corrected chi connectivity index (χ0v) is 13.8. The molecule has 3 nitrogen and oxygen atoms in total. The number of hydrogen-bond donors (Lipinski definition) is 1. The number of hydrogen-bond acceptors (Lipinski definition) is 3. The van der Waals surface area contributed by atoms with E-state index in [1.165, 1.54) is 30.5 Å². The van der Waals surface area contributed by atoms with Crippen molar-refractivity contribution in [1.29, 1.82) is 0 Å². The number of rotatable bonds is 7. The Kier molecular flexibility index (Phi) is 6.68. The molecule has 1 aliphatic heterocycles. The van der Waals surface area contributed by atoms with E-state index >= 15 is 0 Å². The summed E-state index contributed by atoms with van der Waals surface area (Å²) in [6, 6.07) is 9.42. The van der Waals surface area contributed by atoms with Crippen LogP contribution in [0.3, 0.4) is 0 Å². The molecule has 0 amide bonds. The van der Waals surface area contributed by atoms with Gasteiger partial charge in [-0.3, -0.25) is 4.90 Å². The van der Waals surface area contributed by atoms with Gasteiger partial charge in [-0.1, -0.05) is 38.1 Å². The van der Waals surface area contributed by atoms with E-state index in [4.69, 9.17) is 4.74 Å². The summed E-state index contributed by atoms with van der Waals surface area (Å²) in [4.78, 5) is 2.53. The average molecular weight is 290 g/mol. The highest BCUT2D eigenvalue weighted by Gasteiger charge is 2.19. The number of ether oxygens (including phenoxy) is 1. The molecule has 1 saturated heterocycles. The van der Waals surface area contributed by atoms with Crippen molar-refractivity contribution in [3.05, 3.63) is 35.4 Å². The van der Waals surface area contributed by atoms with Crippen LogP contribution in [0.1, 0.15) is 37.8 Å². The number of nitrogens with zero attached hydrogens (tertiary/aromatic N) is 1. The van der Waals surface area contributed by atoms with E-state index in [1.807, 2.05) is 7.11 Å². The fourth-order valence-electron chi connectivity index (χ4n) is 3.04. The third-order valence-electron chi connectivity index (χ3n) is 4.25. The van der Waals surface area contributed by atoms with Crippen LogP contribution in [0.5, 0.6) is 0 Å². The summed E-state index contributed by atoms with van der Waals surface area (Å²) in [7, 11) is 1.83. The zero-order valence-electron chi connectivity index (χ0n) is 13.8. The molecule has 1 fully saturated rings. The number of nitrogens with one attached hydrogen (secondary N) is 1. The van der Waals surface area contributed by atoms with Gasteiger partial charge in [-0.2, -0.15) is 0 Å². The summed E-state index contributed by atoms with van der Waals surface area (Å²) >= 11 is 0. The van der Waals surface area contributed by atoms with Crippen LogP contribution in [0.2, 0.25) is 0 Å². The minimum absolute atomic E-state index is 0.411. The predicted molar refractivity (Wildman–Crippen MR) is 88.6 cm³/mol. The molecule has 1 aromatic rings. The van der Waals surface area contributed by atoms with Gasteiger partial charge in [-0.05, 0) is 43.5 Å². The van der Waals surface area contributed by atoms with E-state index in [-0.39, 0.29) is 0 Å². The lowest BCUT2D eigenvalue weighted by atomic mass is 10.0. The molecule has 0 radical (unpaired) electrons. The van der Waals surface area contributed by atoms with Crippen LogP contribution in [-0.2, 0) is 17.7 Å². The van der Waals surface area contributed by atoms with Crippen LogP contribution in [0.4, 0.5) is 0 Å². The second-order valence-electron chi connectivity index (χ2n) is 6.36. The second-order valence-corrected chi connectivity index (χ2v) is 6.36. The first-order chi connectivity index (χ1) is 10.2. The van der Waals surface area contributed by atoms with E-state index in [2.05, 4.69) is 48.3 Å². The second kappa shape index (κ2) is 8.52. The van der Waals surface area contributed by atoms with Crippen LogP contribution in [0, 0.1) is 0 Å². The van der Waals surface area contributed by atoms with Gasteiger partial charge in [0.25, 0.3) is 0 Å². The van der Waals surface area contributed by atoms with Gasteiger partial charge in [0.1, 0.15) is 0 Å². The Hall–Kier alpha value is -0.900. The summed E-state index contributed by atoms with van der Waals surface area (Å²) < 4.78 is 5.53.